The molecule has 1 unspecified atom stereocenters. The highest BCUT2D eigenvalue weighted by Gasteiger charge is 2.28. The average Bonchev–Trinajstić information content (AvgIpc) is 2.52. The number of carbonyl (C=O) groups is 1. The van der Waals surface area contributed by atoms with E-state index in [2.05, 4.69) is 6.92 Å². The van der Waals surface area contributed by atoms with E-state index in [1.54, 1.807) is 0 Å². The third kappa shape index (κ3) is 5.02. The highest BCUT2D eigenvalue weighted by molar-refractivity contribution is 5.68. The molecule has 0 radical (unpaired) electrons. The molecule has 1 saturated heterocycles. The Hall–Kier alpha value is -0.770. The molecule has 0 aromatic rings. The summed E-state index contributed by atoms with van der Waals surface area (Å²) in [6.45, 7) is 8.59. The summed E-state index contributed by atoms with van der Waals surface area (Å²) in [6, 6.07) is 0.342. The van der Waals surface area contributed by atoms with Gasteiger partial charge < -0.3 is 14.7 Å². The van der Waals surface area contributed by atoms with Gasteiger partial charge in [0.05, 0.1) is 0 Å². The predicted octanol–water partition coefficient (Wildman–Crippen LogP) is 2.01. The molecule has 0 spiro atoms. The van der Waals surface area contributed by atoms with E-state index in [0.29, 0.717) is 6.04 Å². The molecule has 4 heteroatoms. The van der Waals surface area contributed by atoms with Gasteiger partial charge in [-0.15, -0.1) is 0 Å². The smallest absolute Gasteiger partial charge is 0.410 e. The molecule has 90 valence electrons. The van der Waals surface area contributed by atoms with Crippen molar-refractivity contribution in [3.63, 3.8) is 0 Å². The number of hydrogen-bond acceptors (Lipinski definition) is 3. The van der Waals surface area contributed by atoms with Crippen molar-refractivity contribution in [1.82, 2.24) is 4.90 Å². The summed E-state index contributed by atoms with van der Waals surface area (Å²) in [4.78, 5) is 13.4. The van der Waals surface area contributed by atoms with Crippen molar-refractivity contribution in [2.75, 3.05) is 13.7 Å². The zero-order valence-corrected chi connectivity index (χ0v) is 10.4. The second-order valence-corrected chi connectivity index (χ2v) is 4.66. The monoisotopic (exact) mass is 217 g/mol. The van der Waals surface area contributed by atoms with Crippen LogP contribution in [0.2, 0.25) is 0 Å². The molecule has 0 aromatic heterocycles. The topological polar surface area (TPSA) is 49.8 Å². The van der Waals surface area contributed by atoms with Gasteiger partial charge in [0, 0.05) is 19.7 Å². The van der Waals surface area contributed by atoms with Crippen molar-refractivity contribution in [2.45, 2.75) is 52.2 Å². The largest absolute Gasteiger partial charge is 0.444 e. The Morgan fingerprint density at radius 1 is 1.40 bits per heavy atom. The summed E-state index contributed by atoms with van der Waals surface area (Å²) >= 11 is 0. The number of aliphatic hydroxyl groups excluding tert-OH is 1. The van der Waals surface area contributed by atoms with Gasteiger partial charge in [-0.1, -0.05) is 0 Å². The molecule has 0 bridgehead atoms. The van der Waals surface area contributed by atoms with E-state index in [4.69, 9.17) is 9.84 Å². The SMILES string of the molecule is CC1CCCN1C(=O)OC(C)(C)C.CO. The first-order chi connectivity index (χ1) is 6.90. The zero-order chi connectivity index (χ0) is 12.1. The molecule has 1 rings (SSSR count). The van der Waals surface area contributed by atoms with Crippen LogP contribution < -0.4 is 0 Å². The Kier molecular flexibility index (Phi) is 5.65. The van der Waals surface area contributed by atoms with Gasteiger partial charge in [-0.2, -0.15) is 0 Å². The quantitative estimate of drug-likeness (QED) is 0.675. The van der Waals surface area contributed by atoms with Crippen molar-refractivity contribution < 1.29 is 14.6 Å². The lowest BCUT2D eigenvalue weighted by Gasteiger charge is -2.26. The number of rotatable bonds is 0. The summed E-state index contributed by atoms with van der Waals surface area (Å²) in [5, 5.41) is 7.00. The normalized spacial score (nSPS) is 20.7. The highest BCUT2D eigenvalue weighted by atomic mass is 16.6. The van der Waals surface area contributed by atoms with E-state index in [1.807, 2.05) is 25.7 Å². The zero-order valence-electron chi connectivity index (χ0n) is 10.4. The molecule has 15 heavy (non-hydrogen) atoms. The molecule has 4 nitrogen and oxygen atoms in total. The summed E-state index contributed by atoms with van der Waals surface area (Å²) in [5.74, 6) is 0. The lowest BCUT2D eigenvalue weighted by molar-refractivity contribution is 0.0239. The summed E-state index contributed by atoms with van der Waals surface area (Å²) < 4.78 is 5.28. The van der Waals surface area contributed by atoms with Gasteiger partial charge in [-0.05, 0) is 40.5 Å². The van der Waals surface area contributed by atoms with E-state index in [-0.39, 0.29) is 11.7 Å². The molecule has 1 aliphatic rings. The van der Waals surface area contributed by atoms with Gasteiger partial charge >= 0.3 is 6.09 Å². The Balaban J connectivity index is 0.000000921. The Bertz CT molecular complexity index is 198. The van der Waals surface area contributed by atoms with Crippen LogP contribution >= 0.6 is 0 Å². The Morgan fingerprint density at radius 3 is 2.27 bits per heavy atom. The lowest BCUT2D eigenvalue weighted by Crippen LogP contribution is -2.38. The van der Waals surface area contributed by atoms with Crippen molar-refractivity contribution in [3.05, 3.63) is 0 Å². The van der Waals surface area contributed by atoms with E-state index in [1.165, 1.54) is 0 Å². The predicted molar refractivity (Wildman–Crippen MR) is 59.8 cm³/mol. The van der Waals surface area contributed by atoms with Crippen LogP contribution in [0.3, 0.4) is 0 Å². The Labute approximate surface area is 92.2 Å². The van der Waals surface area contributed by atoms with Crippen LogP contribution in [-0.2, 0) is 4.74 Å². The van der Waals surface area contributed by atoms with Crippen LogP contribution in [-0.4, -0.2) is 41.4 Å². The Morgan fingerprint density at radius 2 is 1.93 bits per heavy atom. The first-order valence-corrected chi connectivity index (χ1v) is 5.34. The second-order valence-electron chi connectivity index (χ2n) is 4.66. The number of amides is 1. The number of nitrogens with zero attached hydrogens (tertiary/aromatic N) is 1. The maximum atomic E-state index is 11.6. The highest BCUT2D eigenvalue weighted by Crippen LogP contribution is 2.19. The van der Waals surface area contributed by atoms with Gasteiger partial charge in [0.15, 0.2) is 0 Å². The maximum absolute atomic E-state index is 11.6. The van der Waals surface area contributed by atoms with Crippen molar-refractivity contribution in [1.29, 1.82) is 0 Å². The minimum Gasteiger partial charge on any atom is -0.444 e. The van der Waals surface area contributed by atoms with Gasteiger partial charge in [0.2, 0.25) is 0 Å². The van der Waals surface area contributed by atoms with Gasteiger partial charge in [-0.25, -0.2) is 4.79 Å². The minimum absolute atomic E-state index is 0.169. The van der Waals surface area contributed by atoms with Crippen LogP contribution in [0.4, 0.5) is 4.79 Å². The van der Waals surface area contributed by atoms with Crippen LogP contribution in [0.5, 0.6) is 0 Å². The number of hydrogen-bond donors (Lipinski definition) is 1. The van der Waals surface area contributed by atoms with Crippen LogP contribution in [0.25, 0.3) is 0 Å². The maximum Gasteiger partial charge on any atom is 0.410 e. The fourth-order valence-electron chi connectivity index (χ4n) is 1.53. The fourth-order valence-corrected chi connectivity index (χ4v) is 1.53. The van der Waals surface area contributed by atoms with Crippen molar-refractivity contribution >= 4 is 6.09 Å². The molecule has 0 aliphatic carbocycles. The third-order valence-electron chi connectivity index (χ3n) is 2.18. The number of carbonyl (C=O) groups excluding carboxylic acids is 1. The number of aliphatic hydroxyl groups is 1. The molecule has 1 aliphatic heterocycles. The molecular weight excluding hydrogens is 194 g/mol. The van der Waals surface area contributed by atoms with Crippen molar-refractivity contribution in [2.24, 2.45) is 0 Å². The van der Waals surface area contributed by atoms with E-state index in [0.717, 1.165) is 26.5 Å². The molecule has 1 heterocycles. The molecule has 1 N–H and O–H groups in total. The second kappa shape index (κ2) is 5.95. The van der Waals surface area contributed by atoms with E-state index >= 15 is 0 Å². The van der Waals surface area contributed by atoms with Crippen molar-refractivity contribution in [3.8, 4) is 0 Å². The summed E-state index contributed by atoms with van der Waals surface area (Å²) in [7, 11) is 1.00. The minimum atomic E-state index is -0.376. The molecule has 0 aromatic carbocycles. The first-order valence-electron chi connectivity index (χ1n) is 5.34. The van der Waals surface area contributed by atoms with Crippen LogP contribution in [0.15, 0.2) is 0 Å². The van der Waals surface area contributed by atoms with Crippen LogP contribution in [0.1, 0.15) is 40.5 Å². The summed E-state index contributed by atoms with van der Waals surface area (Å²) in [5.41, 5.74) is -0.376. The molecule has 1 amide bonds. The van der Waals surface area contributed by atoms with Crippen LogP contribution in [0, 0.1) is 0 Å². The van der Waals surface area contributed by atoms with E-state index < -0.39 is 0 Å². The standard InChI is InChI=1S/C10H19NO2.CH4O/c1-8-6-5-7-11(8)9(12)13-10(2,3)4;1-2/h8H,5-7H2,1-4H3;2H,1H3. The lowest BCUT2D eigenvalue weighted by atomic mass is 10.2. The molecule has 1 fully saturated rings. The fraction of sp³-hybridized carbons (Fsp3) is 0.909. The molecule has 1 atom stereocenters. The molecule has 0 saturated carbocycles. The summed E-state index contributed by atoms with van der Waals surface area (Å²) in [6.07, 6.45) is 2.03. The van der Waals surface area contributed by atoms with Gasteiger partial charge in [0.1, 0.15) is 5.60 Å². The van der Waals surface area contributed by atoms with E-state index in [9.17, 15) is 4.79 Å². The first kappa shape index (κ1) is 14.2. The number of ether oxygens (including phenoxy) is 1. The average molecular weight is 217 g/mol. The van der Waals surface area contributed by atoms with Gasteiger partial charge in [-0.3, -0.25) is 0 Å². The van der Waals surface area contributed by atoms with Gasteiger partial charge in [0.25, 0.3) is 0 Å². The number of likely N-dealkylation sites (tertiary alicyclic amines) is 1. The molecular formula is C11H23NO3. The third-order valence-corrected chi connectivity index (χ3v) is 2.18.